The van der Waals surface area contributed by atoms with E-state index in [9.17, 15) is 4.79 Å². The molecule has 0 aliphatic carbocycles. The number of nitrogens with zero attached hydrogens (tertiary/aromatic N) is 1. The number of benzene rings is 1. The third-order valence-corrected chi connectivity index (χ3v) is 4.55. The van der Waals surface area contributed by atoms with Crippen molar-refractivity contribution in [1.29, 1.82) is 0 Å². The molecule has 25 heavy (non-hydrogen) atoms. The van der Waals surface area contributed by atoms with Crippen LogP contribution in [0, 0.1) is 5.92 Å². The first-order valence-electron chi connectivity index (χ1n) is 8.33. The molecule has 1 amide bonds. The Balaban J connectivity index is 1.75. The van der Waals surface area contributed by atoms with Crippen LogP contribution in [0.15, 0.2) is 42.6 Å². The predicted molar refractivity (Wildman–Crippen MR) is 94.7 cm³/mol. The number of para-hydroxylation sites is 1. The normalized spacial score (nSPS) is 19.4. The van der Waals surface area contributed by atoms with Crippen molar-refractivity contribution in [3.63, 3.8) is 0 Å². The second kappa shape index (κ2) is 7.98. The summed E-state index contributed by atoms with van der Waals surface area (Å²) in [5.41, 5.74) is 1.84. The smallest absolute Gasteiger partial charge is 0.225 e. The third kappa shape index (κ3) is 3.74. The number of methoxy groups -OCH3 is 2. The topological polar surface area (TPSA) is 72.5 Å². The Bertz CT molecular complexity index is 721. The van der Waals surface area contributed by atoms with E-state index in [4.69, 9.17) is 9.47 Å². The van der Waals surface area contributed by atoms with Crippen LogP contribution in [0.25, 0.3) is 0 Å². The number of ether oxygens (including phenoxy) is 2. The highest BCUT2D eigenvalue weighted by atomic mass is 16.5. The zero-order chi connectivity index (χ0) is 17.6. The van der Waals surface area contributed by atoms with Gasteiger partial charge in [0.25, 0.3) is 0 Å². The molecule has 0 spiro atoms. The minimum atomic E-state index is -0.162. The molecule has 1 aromatic carbocycles. The molecule has 132 valence electrons. The number of carbonyl (C=O) groups is 1. The summed E-state index contributed by atoms with van der Waals surface area (Å²) in [6.45, 7) is 1.79. The van der Waals surface area contributed by atoms with Crippen LogP contribution >= 0.6 is 0 Å². The molecule has 0 saturated carbocycles. The first-order valence-corrected chi connectivity index (χ1v) is 8.33. The monoisotopic (exact) mass is 341 g/mol. The number of pyridine rings is 1. The number of nitrogens with one attached hydrogen (secondary N) is 2. The lowest BCUT2D eigenvalue weighted by Gasteiger charge is -2.21. The number of hydrogen-bond acceptors (Lipinski definition) is 5. The number of hydrogen-bond donors (Lipinski definition) is 2. The van der Waals surface area contributed by atoms with Crippen LogP contribution in [0.1, 0.15) is 17.2 Å². The molecule has 2 N–H and O–H groups in total. The molecule has 2 heterocycles. The van der Waals surface area contributed by atoms with Crippen molar-refractivity contribution in [2.45, 2.75) is 12.5 Å². The van der Waals surface area contributed by atoms with Gasteiger partial charge in [-0.15, -0.1) is 0 Å². The van der Waals surface area contributed by atoms with E-state index in [1.807, 2.05) is 36.4 Å². The van der Waals surface area contributed by atoms with Gasteiger partial charge in [0, 0.05) is 30.8 Å². The Labute approximate surface area is 147 Å². The van der Waals surface area contributed by atoms with Gasteiger partial charge in [-0.05, 0) is 18.2 Å². The fourth-order valence-corrected chi connectivity index (χ4v) is 3.30. The van der Waals surface area contributed by atoms with Crippen LogP contribution in [0.5, 0.6) is 11.5 Å². The molecule has 2 aromatic rings. The Morgan fingerprint density at radius 3 is 2.80 bits per heavy atom. The van der Waals surface area contributed by atoms with Crippen molar-refractivity contribution in [3.05, 3.63) is 53.9 Å². The van der Waals surface area contributed by atoms with Crippen LogP contribution in [-0.2, 0) is 11.3 Å². The van der Waals surface area contributed by atoms with E-state index in [-0.39, 0.29) is 17.7 Å². The molecule has 1 saturated heterocycles. The molecular formula is C19H23N3O3. The second-order valence-electron chi connectivity index (χ2n) is 5.99. The van der Waals surface area contributed by atoms with Gasteiger partial charge in [0.2, 0.25) is 5.91 Å². The Morgan fingerprint density at radius 2 is 2.08 bits per heavy atom. The molecule has 0 bridgehead atoms. The number of rotatable bonds is 6. The largest absolute Gasteiger partial charge is 0.493 e. The summed E-state index contributed by atoms with van der Waals surface area (Å²) in [6.07, 6.45) is 1.72. The number of amides is 1. The average molecular weight is 341 g/mol. The van der Waals surface area contributed by atoms with E-state index in [1.54, 1.807) is 20.4 Å². The van der Waals surface area contributed by atoms with E-state index >= 15 is 0 Å². The molecule has 1 aromatic heterocycles. The van der Waals surface area contributed by atoms with Crippen molar-refractivity contribution < 1.29 is 14.3 Å². The minimum Gasteiger partial charge on any atom is -0.493 e. The van der Waals surface area contributed by atoms with Gasteiger partial charge in [0.05, 0.1) is 32.4 Å². The molecule has 0 radical (unpaired) electrons. The zero-order valence-corrected chi connectivity index (χ0v) is 14.5. The molecule has 1 aliphatic heterocycles. The molecule has 3 rings (SSSR count). The summed E-state index contributed by atoms with van der Waals surface area (Å²) in [4.78, 5) is 16.9. The maximum atomic E-state index is 12.7. The van der Waals surface area contributed by atoms with E-state index in [0.29, 0.717) is 24.6 Å². The van der Waals surface area contributed by atoms with Crippen molar-refractivity contribution in [2.24, 2.45) is 5.92 Å². The highest BCUT2D eigenvalue weighted by Gasteiger charge is 2.36. The van der Waals surface area contributed by atoms with Gasteiger partial charge in [0.15, 0.2) is 11.5 Å². The summed E-state index contributed by atoms with van der Waals surface area (Å²) >= 11 is 0. The van der Waals surface area contributed by atoms with Crippen LogP contribution < -0.4 is 20.1 Å². The first-order chi connectivity index (χ1) is 12.2. The summed E-state index contributed by atoms with van der Waals surface area (Å²) < 4.78 is 10.9. The Hall–Kier alpha value is -2.60. The van der Waals surface area contributed by atoms with Crippen molar-refractivity contribution in [3.8, 4) is 11.5 Å². The summed E-state index contributed by atoms with van der Waals surface area (Å²) in [7, 11) is 3.24. The average Bonchev–Trinajstić information content (AvgIpc) is 3.15. The maximum Gasteiger partial charge on any atom is 0.225 e. The lowest BCUT2D eigenvalue weighted by Crippen LogP contribution is -2.34. The van der Waals surface area contributed by atoms with Gasteiger partial charge in [-0.2, -0.15) is 0 Å². The first kappa shape index (κ1) is 17.2. The highest BCUT2D eigenvalue weighted by molar-refractivity contribution is 5.80. The van der Waals surface area contributed by atoms with Crippen LogP contribution in [-0.4, -0.2) is 38.2 Å². The van der Waals surface area contributed by atoms with E-state index in [0.717, 1.165) is 17.8 Å². The fourth-order valence-electron chi connectivity index (χ4n) is 3.30. The third-order valence-electron chi connectivity index (χ3n) is 4.55. The molecule has 2 atom stereocenters. The van der Waals surface area contributed by atoms with E-state index < -0.39 is 0 Å². The quantitative estimate of drug-likeness (QED) is 0.837. The molecule has 1 fully saturated rings. The second-order valence-corrected chi connectivity index (χ2v) is 5.99. The summed E-state index contributed by atoms with van der Waals surface area (Å²) in [6, 6.07) is 11.5. The van der Waals surface area contributed by atoms with Gasteiger partial charge in [-0.1, -0.05) is 18.2 Å². The van der Waals surface area contributed by atoms with Crippen molar-refractivity contribution in [1.82, 2.24) is 15.6 Å². The molecule has 6 nitrogen and oxygen atoms in total. The summed E-state index contributed by atoms with van der Waals surface area (Å²) in [5.74, 6) is 1.27. The minimum absolute atomic E-state index is 0.0190. The molecule has 6 heteroatoms. The van der Waals surface area contributed by atoms with Crippen molar-refractivity contribution >= 4 is 5.91 Å². The fraction of sp³-hybridized carbons (Fsp3) is 0.368. The summed E-state index contributed by atoms with van der Waals surface area (Å²) in [5, 5.41) is 6.31. The number of aromatic nitrogens is 1. The lowest BCUT2D eigenvalue weighted by molar-refractivity contribution is -0.125. The molecular weight excluding hydrogens is 318 g/mol. The van der Waals surface area contributed by atoms with Gasteiger partial charge in [-0.3, -0.25) is 9.78 Å². The lowest BCUT2D eigenvalue weighted by atomic mass is 9.87. The van der Waals surface area contributed by atoms with E-state index in [2.05, 4.69) is 15.6 Å². The zero-order valence-electron chi connectivity index (χ0n) is 14.5. The Kier molecular flexibility index (Phi) is 5.50. The van der Waals surface area contributed by atoms with Gasteiger partial charge in [0.1, 0.15) is 0 Å². The Morgan fingerprint density at radius 1 is 1.20 bits per heavy atom. The van der Waals surface area contributed by atoms with E-state index in [1.165, 1.54) is 0 Å². The maximum absolute atomic E-state index is 12.7. The number of carbonyl (C=O) groups excluding carboxylic acids is 1. The SMILES string of the molecule is COc1cccc(C2CNCC2C(=O)NCc2ccccn2)c1OC. The van der Waals surface area contributed by atoms with Crippen molar-refractivity contribution in [2.75, 3.05) is 27.3 Å². The van der Waals surface area contributed by atoms with Crippen LogP contribution in [0.2, 0.25) is 0 Å². The predicted octanol–water partition coefficient (Wildman–Crippen LogP) is 1.72. The van der Waals surface area contributed by atoms with Gasteiger partial charge >= 0.3 is 0 Å². The van der Waals surface area contributed by atoms with Gasteiger partial charge < -0.3 is 20.1 Å². The molecule has 1 aliphatic rings. The van der Waals surface area contributed by atoms with Gasteiger partial charge in [-0.25, -0.2) is 0 Å². The standard InChI is InChI=1S/C19H23N3O3/c1-24-17-8-5-7-14(18(17)25-2)15-11-20-12-16(15)19(23)22-10-13-6-3-4-9-21-13/h3-9,15-16,20H,10-12H2,1-2H3,(H,22,23). The van der Waals surface area contributed by atoms with Crippen LogP contribution in [0.3, 0.4) is 0 Å². The van der Waals surface area contributed by atoms with Crippen LogP contribution in [0.4, 0.5) is 0 Å². The highest BCUT2D eigenvalue weighted by Crippen LogP contribution is 2.39. The molecule has 2 unspecified atom stereocenters.